The van der Waals surface area contributed by atoms with Gasteiger partial charge in [0.05, 0.1) is 10.7 Å². The number of nitrogens with one attached hydrogen (secondary N) is 1. The average Bonchev–Trinajstić information content (AvgIpc) is 2.70. The summed E-state index contributed by atoms with van der Waals surface area (Å²) in [6.45, 7) is 1.54. The average molecular weight is 296 g/mol. The molecule has 1 aromatic heterocycles. The number of nitrogens with zero attached hydrogens (tertiary/aromatic N) is 2. The van der Waals surface area contributed by atoms with Gasteiger partial charge in [0.15, 0.2) is 0 Å². The highest BCUT2D eigenvalue weighted by molar-refractivity contribution is 9.10. The molecule has 0 spiro atoms. The Balaban J connectivity index is 1.87. The van der Waals surface area contributed by atoms with Crippen LogP contribution < -0.4 is 5.32 Å². The Bertz CT molecular complexity index is 510. The second kappa shape index (κ2) is 5.33. The lowest BCUT2D eigenvalue weighted by molar-refractivity contribution is 0.471. The molecule has 0 radical (unpaired) electrons. The Hall–Kier alpha value is -1.33. The van der Waals surface area contributed by atoms with Crippen molar-refractivity contribution in [2.24, 2.45) is 7.05 Å². The molecule has 0 saturated carbocycles. The topological polar surface area (TPSA) is 50.1 Å². The zero-order valence-electron chi connectivity index (χ0n) is 9.52. The van der Waals surface area contributed by atoms with Crippen LogP contribution in [0.3, 0.4) is 0 Å². The summed E-state index contributed by atoms with van der Waals surface area (Å²) in [7, 11) is 1.90. The van der Waals surface area contributed by atoms with E-state index in [2.05, 4.69) is 26.3 Å². The molecule has 0 saturated heterocycles. The van der Waals surface area contributed by atoms with E-state index in [-0.39, 0.29) is 5.75 Å². The number of hydrogen-bond donors (Lipinski definition) is 2. The van der Waals surface area contributed by atoms with Crippen LogP contribution in [0.5, 0.6) is 5.75 Å². The molecule has 0 aliphatic rings. The second-order valence-electron chi connectivity index (χ2n) is 3.91. The molecule has 4 nitrogen and oxygen atoms in total. The van der Waals surface area contributed by atoms with Crippen molar-refractivity contribution >= 4 is 15.9 Å². The highest BCUT2D eigenvalue weighted by Crippen LogP contribution is 2.24. The molecular formula is C12H14BrN3O. The lowest BCUT2D eigenvalue weighted by Gasteiger charge is -2.05. The number of aryl methyl sites for hydroxylation is 1. The van der Waals surface area contributed by atoms with Gasteiger partial charge in [0.25, 0.3) is 0 Å². The summed E-state index contributed by atoms with van der Waals surface area (Å²) in [6, 6.07) is 5.49. The number of aromatic hydroxyl groups is 1. The normalized spacial score (nSPS) is 10.7. The van der Waals surface area contributed by atoms with Crippen molar-refractivity contribution in [2.45, 2.75) is 13.1 Å². The predicted octanol–water partition coefficient (Wildman–Crippen LogP) is 2.18. The maximum absolute atomic E-state index is 9.37. The number of phenolic OH excluding ortho intramolecular Hbond substituents is 1. The standard InChI is InChI=1S/C12H14BrN3O/c1-16-8-10(7-15-16)6-14-5-9-2-3-12(17)11(13)4-9/h2-4,7-8,14,17H,5-6H2,1H3. The quantitative estimate of drug-likeness (QED) is 0.909. The molecular weight excluding hydrogens is 282 g/mol. The van der Waals surface area contributed by atoms with Crippen molar-refractivity contribution in [1.82, 2.24) is 15.1 Å². The molecule has 0 amide bonds. The molecule has 0 unspecified atom stereocenters. The predicted molar refractivity (Wildman–Crippen MR) is 69.6 cm³/mol. The fourth-order valence-corrected chi connectivity index (χ4v) is 2.00. The molecule has 2 aromatic rings. The molecule has 1 heterocycles. The highest BCUT2D eigenvalue weighted by atomic mass is 79.9. The van der Waals surface area contributed by atoms with Crippen LogP contribution in [0, 0.1) is 0 Å². The fraction of sp³-hybridized carbons (Fsp3) is 0.250. The third-order valence-electron chi connectivity index (χ3n) is 2.43. The van der Waals surface area contributed by atoms with Gasteiger partial charge in [-0.3, -0.25) is 4.68 Å². The van der Waals surface area contributed by atoms with Crippen molar-refractivity contribution in [3.05, 3.63) is 46.2 Å². The lowest BCUT2D eigenvalue weighted by atomic mass is 10.2. The first kappa shape index (κ1) is 12.1. The molecule has 2 rings (SSSR count). The van der Waals surface area contributed by atoms with E-state index in [0.29, 0.717) is 0 Å². The Labute approximate surface area is 108 Å². The van der Waals surface area contributed by atoms with Crippen molar-refractivity contribution < 1.29 is 5.11 Å². The van der Waals surface area contributed by atoms with Crippen LogP contribution in [0.1, 0.15) is 11.1 Å². The van der Waals surface area contributed by atoms with Crippen LogP contribution in [-0.4, -0.2) is 14.9 Å². The van der Waals surface area contributed by atoms with Crippen LogP contribution in [0.25, 0.3) is 0 Å². The third-order valence-corrected chi connectivity index (χ3v) is 3.06. The SMILES string of the molecule is Cn1cc(CNCc2ccc(O)c(Br)c2)cn1. The highest BCUT2D eigenvalue weighted by Gasteiger charge is 2.00. The van der Waals surface area contributed by atoms with Crippen molar-refractivity contribution in [3.63, 3.8) is 0 Å². The van der Waals surface area contributed by atoms with Crippen LogP contribution in [-0.2, 0) is 20.1 Å². The number of aromatic nitrogens is 2. The Morgan fingerprint density at radius 1 is 1.35 bits per heavy atom. The molecule has 0 fully saturated rings. The summed E-state index contributed by atoms with van der Waals surface area (Å²) in [5.41, 5.74) is 2.28. The number of rotatable bonds is 4. The van der Waals surface area contributed by atoms with E-state index in [1.807, 2.05) is 31.6 Å². The third kappa shape index (κ3) is 3.31. The lowest BCUT2D eigenvalue weighted by Crippen LogP contribution is -2.12. The van der Waals surface area contributed by atoms with Gasteiger partial charge in [0, 0.05) is 31.9 Å². The Morgan fingerprint density at radius 2 is 2.12 bits per heavy atom. The minimum absolute atomic E-state index is 0.265. The van der Waals surface area contributed by atoms with E-state index in [1.54, 1.807) is 10.7 Å². The van der Waals surface area contributed by atoms with Crippen molar-refractivity contribution in [1.29, 1.82) is 0 Å². The van der Waals surface area contributed by atoms with Crippen molar-refractivity contribution in [3.8, 4) is 5.75 Å². The van der Waals surface area contributed by atoms with E-state index in [4.69, 9.17) is 0 Å². The number of halogens is 1. The van der Waals surface area contributed by atoms with Gasteiger partial charge in [0.1, 0.15) is 5.75 Å². The number of phenols is 1. The molecule has 90 valence electrons. The van der Waals surface area contributed by atoms with Gasteiger partial charge in [-0.2, -0.15) is 5.10 Å². The van der Waals surface area contributed by atoms with Crippen LogP contribution in [0.4, 0.5) is 0 Å². The zero-order valence-corrected chi connectivity index (χ0v) is 11.1. The minimum Gasteiger partial charge on any atom is -0.507 e. The first-order chi connectivity index (χ1) is 8.15. The molecule has 5 heteroatoms. The summed E-state index contributed by atoms with van der Waals surface area (Å²) < 4.78 is 2.51. The Morgan fingerprint density at radius 3 is 2.76 bits per heavy atom. The van der Waals surface area contributed by atoms with Gasteiger partial charge < -0.3 is 10.4 Å². The van der Waals surface area contributed by atoms with Crippen molar-refractivity contribution in [2.75, 3.05) is 0 Å². The molecule has 2 N–H and O–H groups in total. The number of hydrogen-bond acceptors (Lipinski definition) is 3. The molecule has 1 aromatic carbocycles. The Kier molecular flexibility index (Phi) is 3.81. The molecule has 0 aliphatic heterocycles. The van der Waals surface area contributed by atoms with Gasteiger partial charge in [-0.15, -0.1) is 0 Å². The largest absolute Gasteiger partial charge is 0.507 e. The monoisotopic (exact) mass is 295 g/mol. The maximum atomic E-state index is 9.37. The van der Waals surface area contributed by atoms with Crippen LogP contribution in [0.2, 0.25) is 0 Å². The summed E-state index contributed by atoms with van der Waals surface area (Å²) >= 11 is 3.30. The summed E-state index contributed by atoms with van der Waals surface area (Å²) in [4.78, 5) is 0. The second-order valence-corrected chi connectivity index (χ2v) is 4.77. The maximum Gasteiger partial charge on any atom is 0.129 e. The molecule has 0 aliphatic carbocycles. The van der Waals surface area contributed by atoms with Gasteiger partial charge in [-0.25, -0.2) is 0 Å². The number of benzene rings is 1. The summed E-state index contributed by atoms with van der Waals surface area (Å²) in [6.07, 6.45) is 3.83. The van der Waals surface area contributed by atoms with Gasteiger partial charge in [-0.05, 0) is 33.6 Å². The van der Waals surface area contributed by atoms with E-state index in [9.17, 15) is 5.11 Å². The van der Waals surface area contributed by atoms with Crippen LogP contribution in [0.15, 0.2) is 35.1 Å². The smallest absolute Gasteiger partial charge is 0.129 e. The van der Waals surface area contributed by atoms with Gasteiger partial charge >= 0.3 is 0 Å². The van der Waals surface area contributed by atoms with E-state index < -0.39 is 0 Å². The van der Waals surface area contributed by atoms with Crippen LogP contribution >= 0.6 is 15.9 Å². The molecule has 0 atom stereocenters. The van der Waals surface area contributed by atoms with E-state index >= 15 is 0 Å². The minimum atomic E-state index is 0.265. The molecule has 17 heavy (non-hydrogen) atoms. The van der Waals surface area contributed by atoms with Gasteiger partial charge in [-0.1, -0.05) is 6.07 Å². The van der Waals surface area contributed by atoms with Gasteiger partial charge in [0.2, 0.25) is 0 Å². The first-order valence-electron chi connectivity index (χ1n) is 5.31. The first-order valence-corrected chi connectivity index (χ1v) is 6.10. The summed E-state index contributed by atoms with van der Waals surface area (Å²) in [5.74, 6) is 0.265. The van der Waals surface area contributed by atoms with E-state index in [1.165, 1.54) is 0 Å². The zero-order chi connectivity index (χ0) is 12.3. The van der Waals surface area contributed by atoms with E-state index in [0.717, 1.165) is 28.7 Å². The fourth-order valence-electron chi connectivity index (χ4n) is 1.57. The molecule has 0 bridgehead atoms. The summed E-state index contributed by atoms with van der Waals surface area (Å²) in [5, 5.41) is 16.8.